The van der Waals surface area contributed by atoms with Crippen molar-refractivity contribution in [1.82, 2.24) is 20.3 Å². The second-order valence-electron chi connectivity index (χ2n) is 4.83. The van der Waals surface area contributed by atoms with Crippen molar-refractivity contribution < 1.29 is 0 Å². The highest BCUT2D eigenvalue weighted by atomic mass is 15.0. The van der Waals surface area contributed by atoms with Gasteiger partial charge in [-0.25, -0.2) is 9.97 Å². The van der Waals surface area contributed by atoms with Gasteiger partial charge in [-0.2, -0.15) is 0 Å². The quantitative estimate of drug-likeness (QED) is 0.561. The first-order valence-corrected chi connectivity index (χ1v) is 6.66. The first-order chi connectivity index (χ1) is 9.34. The van der Waals surface area contributed by atoms with E-state index in [1.54, 1.807) is 12.5 Å². The third-order valence-corrected chi connectivity index (χ3v) is 3.50. The first-order valence-electron chi connectivity index (χ1n) is 6.66. The minimum Gasteiger partial charge on any atom is -0.383 e. The lowest BCUT2D eigenvalue weighted by molar-refractivity contribution is 0.408. The summed E-state index contributed by atoms with van der Waals surface area (Å²) in [4.78, 5) is 15.9. The molecule has 1 aliphatic heterocycles. The van der Waals surface area contributed by atoms with Crippen LogP contribution in [0.4, 0.5) is 0 Å². The SMILES string of the molecule is NC(=NCC1CCCCN1)c1ccnc2nc[nH]c12. The summed E-state index contributed by atoms with van der Waals surface area (Å²) in [5, 5.41) is 3.46. The summed E-state index contributed by atoms with van der Waals surface area (Å²) in [6.07, 6.45) is 7.03. The molecule has 1 unspecified atom stereocenters. The third-order valence-electron chi connectivity index (χ3n) is 3.50. The maximum Gasteiger partial charge on any atom is 0.178 e. The Labute approximate surface area is 111 Å². The van der Waals surface area contributed by atoms with Crippen molar-refractivity contribution in [2.75, 3.05) is 13.1 Å². The Morgan fingerprint density at radius 3 is 3.21 bits per heavy atom. The number of hydrogen-bond donors (Lipinski definition) is 3. The van der Waals surface area contributed by atoms with Crippen molar-refractivity contribution in [2.24, 2.45) is 10.7 Å². The minimum absolute atomic E-state index is 0.450. The number of nitrogens with one attached hydrogen (secondary N) is 2. The van der Waals surface area contributed by atoms with Gasteiger partial charge in [0.2, 0.25) is 0 Å². The number of piperidine rings is 1. The standard InChI is InChI=1S/C13H18N6/c14-12(17-7-9-3-1-2-5-15-9)10-4-6-16-13-11(10)18-8-19-13/h4,6,8-9,15H,1-3,5,7H2,(H2,14,17)(H,16,18,19). The van der Waals surface area contributed by atoms with Gasteiger partial charge in [-0.15, -0.1) is 0 Å². The smallest absolute Gasteiger partial charge is 0.178 e. The molecule has 1 saturated heterocycles. The van der Waals surface area contributed by atoms with Crippen molar-refractivity contribution in [3.05, 3.63) is 24.2 Å². The molecular formula is C13H18N6. The Morgan fingerprint density at radius 2 is 2.37 bits per heavy atom. The van der Waals surface area contributed by atoms with Crippen LogP contribution < -0.4 is 11.1 Å². The number of H-pyrrole nitrogens is 1. The maximum absolute atomic E-state index is 6.08. The van der Waals surface area contributed by atoms with Gasteiger partial charge in [0.25, 0.3) is 0 Å². The Balaban J connectivity index is 1.78. The van der Waals surface area contributed by atoms with Gasteiger partial charge in [0.05, 0.1) is 18.4 Å². The van der Waals surface area contributed by atoms with E-state index in [0.29, 0.717) is 17.5 Å². The van der Waals surface area contributed by atoms with Gasteiger partial charge in [0, 0.05) is 17.8 Å². The van der Waals surface area contributed by atoms with Gasteiger partial charge in [-0.1, -0.05) is 6.42 Å². The fourth-order valence-electron chi connectivity index (χ4n) is 2.44. The number of nitrogens with zero attached hydrogens (tertiary/aromatic N) is 3. The second-order valence-corrected chi connectivity index (χ2v) is 4.83. The summed E-state index contributed by atoms with van der Waals surface area (Å²) in [5.41, 5.74) is 8.48. The van der Waals surface area contributed by atoms with Crippen LogP contribution in [0.1, 0.15) is 24.8 Å². The van der Waals surface area contributed by atoms with Crippen LogP contribution in [0.15, 0.2) is 23.6 Å². The van der Waals surface area contributed by atoms with Crippen molar-refractivity contribution in [3.63, 3.8) is 0 Å². The number of aromatic nitrogens is 3. The summed E-state index contributed by atoms with van der Waals surface area (Å²) in [6, 6.07) is 2.32. The third kappa shape index (κ3) is 2.58. The molecule has 6 heteroatoms. The lowest BCUT2D eigenvalue weighted by atomic mass is 10.1. The number of aromatic amines is 1. The molecule has 0 saturated carbocycles. The van der Waals surface area contributed by atoms with Crippen LogP contribution in [-0.4, -0.2) is 39.9 Å². The lowest BCUT2D eigenvalue weighted by Gasteiger charge is -2.21. The number of aliphatic imine (C=N–C) groups is 1. The van der Waals surface area contributed by atoms with E-state index in [1.165, 1.54) is 19.3 Å². The Hall–Kier alpha value is -1.95. The van der Waals surface area contributed by atoms with E-state index >= 15 is 0 Å². The van der Waals surface area contributed by atoms with E-state index in [0.717, 1.165) is 24.2 Å². The molecule has 1 atom stereocenters. The molecule has 1 aliphatic rings. The van der Waals surface area contributed by atoms with Crippen molar-refractivity contribution >= 4 is 17.0 Å². The van der Waals surface area contributed by atoms with Crippen LogP contribution >= 0.6 is 0 Å². The van der Waals surface area contributed by atoms with Gasteiger partial charge in [0.1, 0.15) is 5.84 Å². The molecule has 19 heavy (non-hydrogen) atoms. The molecule has 3 rings (SSSR count). The van der Waals surface area contributed by atoms with Gasteiger partial charge in [-0.05, 0) is 25.5 Å². The highest BCUT2D eigenvalue weighted by molar-refractivity contribution is 6.06. The topological polar surface area (TPSA) is 92.0 Å². The molecule has 0 spiro atoms. The fourth-order valence-corrected chi connectivity index (χ4v) is 2.44. The average Bonchev–Trinajstić information content (AvgIpc) is 2.94. The normalized spacial score (nSPS) is 20.8. The molecule has 0 bridgehead atoms. The van der Waals surface area contributed by atoms with Crippen LogP contribution in [0, 0.1) is 0 Å². The maximum atomic E-state index is 6.08. The summed E-state index contributed by atoms with van der Waals surface area (Å²) < 4.78 is 0. The van der Waals surface area contributed by atoms with E-state index in [2.05, 4.69) is 25.3 Å². The zero-order chi connectivity index (χ0) is 13.1. The number of pyridine rings is 1. The van der Waals surface area contributed by atoms with Gasteiger partial charge in [0.15, 0.2) is 5.65 Å². The van der Waals surface area contributed by atoms with Crippen LogP contribution in [0.3, 0.4) is 0 Å². The monoisotopic (exact) mass is 258 g/mol. The zero-order valence-electron chi connectivity index (χ0n) is 10.8. The molecule has 1 fully saturated rings. The van der Waals surface area contributed by atoms with E-state index in [9.17, 15) is 0 Å². The van der Waals surface area contributed by atoms with Crippen LogP contribution in [0.5, 0.6) is 0 Å². The molecule has 2 aromatic heterocycles. The van der Waals surface area contributed by atoms with Crippen LogP contribution in [0.2, 0.25) is 0 Å². The number of hydrogen-bond acceptors (Lipinski definition) is 4. The first kappa shape index (κ1) is 12.1. The molecule has 2 aromatic rings. The lowest BCUT2D eigenvalue weighted by Crippen LogP contribution is -2.36. The Kier molecular flexibility index (Phi) is 3.41. The molecule has 0 aromatic carbocycles. The number of imidazole rings is 1. The molecule has 4 N–H and O–H groups in total. The number of amidine groups is 1. The molecule has 3 heterocycles. The van der Waals surface area contributed by atoms with E-state index in [-0.39, 0.29) is 0 Å². The second kappa shape index (κ2) is 5.36. The Bertz CT molecular complexity index is 582. The van der Waals surface area contributed by atoms with Crippen molar-refractivity contribution in [1.29, 1.82) is 0 Å². The highest BCUT2D eigenvalue weighted by Crippen LogP contribution is 2.12. The molecular weight excluding hydrogens is 240 g/mol. The van der Waals surface area contributed by atoms with Gasteiger partial charge < -0.3 is 16.0 Å². The fraction of sp³-hybridized carbons (Fsp3) is 0.462. The number of nitrogens with two attached hydrogens (primary N) is 1. The van der Waals surface area contributed by atoms with Crippen LogP contribution in [-0.2, 0) is 0 Å². The van der Waals surface area contributed by atoms with E-state index < -0.39 is 0 Å². The largest absolute Gasteiger partial charge is 0.383 e. The van der Waals surface area contributed by atoms with E-state index in [1.807, 2.05) is 6.07 Å². The highest BCUT2D eigenvalue weighted by Gasteiger charge is 2.12. The number of rotatable bonds is 3. The molecule has 0 amide bonds. The molecule has 0 aliphatic carbocycles. The molecule has 0 radical (unpaired) electrons. The van der Waals surface area contributed by atoms with Crippen LogP contribution in [0.25, 0.3) is 11.2 Å². The average molecular weight is 258 g/mol. The summed E-state index contributed by atoms with van der Waals surface area (Å²) in [7, 11) is 0. The zero-order valence-corrected chi connectivity index (χ0v) is 10.8. The summed E-state index contributed by atoms with van der Waals surface area (Å²) >= 11 is 0. The minimum atomic E-state index is 0.450. The van der Waals surface area contributed by atoms with Gasteiger partial charge in [-0.3, -0.25) is 4.99 Å². The summed E-state index contributed by atoms with van der Waals surface area (Å²) in [6.45, 7) is 1.81. The summed E-state index contributed by atoms with van der Waals surface area (Å²) in [5.74, 6) is 0.545. The van der Waals surface area contributed by atoms with Gasteiger partial charge >= 0.3 is 0 Å². The number of fused-ring (bicyclic) bond motifs is 1. The predicted octanol–water partition coefficient (Wildman–Crippen LogP) is 0.805. The Morgan fingerprint density at radius 1 is 1.42 bits per heavy atom. The molecule has 6 nitrogen and oxygen atoms in total. The van der Waals surface area contributed by atoms with E-state index in [4.69, 9.17) is 5.73 Å². The predicted molar refractivity (Wildman–Crippen MR) is 75.1 cm³/mol. The van der Waals surface area contributed by atoms with Crippen molar-refractivity contribution in [3.8, 4) is 0 Å². The molecule has 100 valence electrons. The van der Waals surface area contributed by atoms with Crippen molar-refractivity contribution in [2.45, 2.75) is 25.3 Å².